The molecule has 0 aromatic carbocycles. The maximum Gasteiger partial charge on any atom is 0.0536 e. The van der Waals surface area contributed by atoms with Crippen molar-refractivity contribution in [3.63, 3.8) is 0 Å². The summed E-state index contributed by atoms with van der Waals surface area (Å²) >= 11 is 0. The molecule has 2 aliphatic rings. The van der Waals surface area contributed by atoms with Gasteiger partial charge in [0.1, 0.15) is 0 Å². The van der Waals surface area contributed by atoms with Gasteiger partial charge in [-0.15, -0.1) is 0 Å². The molecule has 0 spiro atoms. The van der Waals surface area contributed by atoms with E-state index < -0.39 is 0 Å². The van der Waals surface area contributed by atoms with Crippen LogP contribution in [-0.4, -0.2) is 46.4 Å². The lowest BCUT2D eigenvalue weighted by Gasteiger charge is -2.42. The van der Waals surface area contributed by atoms with Gasteiger partial charge in [0.05, 0.1) is 6.54 Å². The van der Waals surface area contributed by atoms with Crippen molar-refractivity contribution in [2.75, 3.05) is 19.6 Å². The van der Waals surface area contributed by atoms with Crippen LogP contribution in [0.1, 0.15) is 33.1 Å². The van der Waals surface area contributed by atoms with Crippen LogP contribution in [0.15, 0.2) is 18.5 Å². The van der Waals surface area contributed by atoms with Crippen molar-refractivity contribution in [1.29, 1.82) is 0 Å². The Hall–Kier alpha value is -0.870. The van der Waals surface area contributed by atoms with Gasteiger partial charge in [-0.3, -0.25) is 9.58 Å². The van der Waals surface area contributed by atoms with Crippen molar-refractivity contribution in [3.05, 3.63) is 18.5 Å². The second-order valence-electron chi connectivity index (χ2n) is 6.57. The molecule has 1 aliphatic heterocycles. The number of nitrogens with zero attached hydrogens (tertiary/aromatic N) is 3. The molecule has 1 saturated carbocycles. The summed E-state index contributed by atoms with van der Waals surface area (Å²) in [4.78, 5) is 2.73. The molecule has 3 rings (SSSR count). The highest BCUT2D eigenvalue weighted by Crippen LogP contribution is 2.36. The van der Waals surface area contributed by atoms with Crippen molar-refractivity contribution in [1.82, 2.24) is 20.0 Å². The molecule has 112 valence electrons. The van der Waals surface area contributed by atoms with Crippen molar-refractivity contribution in [3.8, 4) is 0 Å². The molecule has 0 radical (unpaired) electrons. The maximum atomic E-state index is 4.33. The molecule has 3 unspecified atom stereocenters. The molecule has 1 N–H and O–H groups in total. The second kappa shape index (κ2) is 6.27. The Morgan fingerprint density at radius 1 is 1.35 bits per heavy atom. The Morgan fingerprint density at radius 2 is 2.20 bits per heavy atom. The highest BCUT2D eigenvalue weighted by atomic mass is 15.3. The molecule has 1 saturated heterocycles. The molecule has 4 heteroatoms. The molecule has 2 heterocycles. The Kier molecular flexibility index (Phi) is 4.41. The van der Waals surface area contributed by atoms with Gasteiger partial charge in [0.25, 0.3) is 0 Å². The Labute approximate surface area is 122 Å². The SMILES string of the molecule is CCC(C)C1CN(CCn2cccn2)C(C2CC2)CN1. The van der Waals surface area contributed by atoms with Crippen LogP contribution in [0.25, 0.3) is 0 Å². The summed E-state index contributed by atoms with van der Waals surface area (Å²) in [7, 11) is 0. The first kappa shape index (κ1) is 14.1. The van der Waals surface area contributed by atoms with E-state index in [2.05, 4.69) is 40.0 Å². The van der Waals surface area contributed by atoms with Gasteiger partial charge in [-0.25, -0.2) is 0 Å². The van der Waals surface area contributed by atoms with Crippen molar-refractivity contribution in [2.45, 2.75) is 51.7 Å². The summed E-state index contributed by atoms with van der Waals surface area (Å²) in [6.07, 6.45) is 8.06. The fourth-order valence-corrected chi connectivity index (χ4v) is 3.39. The third kappa shape index (κ3) is 3.23. The van der Waals surface area contributed by atoms with Gasteiger partial charge in [0, 0.05) is 44.1 Å². The van der Waals surface area contributed by atoms with E-state index in [0.717, 1.165) is 31.0 Å². The third-order valence-corrected chi connectivity index (χ3v) is 5.16. The highest BCUT2D eigenvalue weighted by Gasteiger charge is 2.39. The van der Waals surface area contributed by atoms with E-state index >= 15 is 0 Å². The Balaban J connectivity index is 1.59. The predicted octanol–water partition coefficient (Wildman–Crippen LogP) is 1.98. The molecular formula is C16H28N4. The molecule has 1 aromatic heterocycles. The van der Waals surface area contributed by atoms with Gasteiger partial charge < -0.3 is 5.32 Å². The summed E-state index contributed by atoms with van der Waals surface area (Å²) in [6.45, 7) is 9.21. The standard InChI is InChI=1S/C16H28N4/c1-3-13(2)15-12-19(9-10-20-8-4-7-18-20)16(11-17-15)14-5-6-14/h4,7-8,13-17H,3,5-6,9-12H2,1-2H3. The van der Waals surface area contributed by atoms with Crippen LogP contribution in [0.3, 0.4) is 0 Å². The van der Waals surface area contributed by atoms with E-state index in [0.29, 0.717) is 6.04 Å². The average molecular weight is 276 g/mol. The number of nitrogens with one attached hydrogen (secondary N) is 1. The quantitative estimate of drug-likeness (QED) is 0.862. The zero-order valence-electron chi connectivity index (χ0n) is 12.8. The normalized spacial score (nSPS) is 29.5. The monoisotopic (exact) mass is 276 g/mol. The summed E-state index contributed by atoms with van der Waals surface area (Å²) < 4.78 is 2.06. The average Bonchev–Trinajstić information content (AvgIpc) is 3.20. The number of piperazine rings is 1. The van der Waals surface area contributed by atoms with Crippen LogP contribution >= 0.6 is 0 Å². The van der Waals surface area contributed by atoms with Gasteiger partial charge in [-0.05, 0) is 30.7 Å². The zero-order valence-corrected chi connectivity index (χ0v) is 12.8. The number of rotatable bonds is 6. The third-order valence-electron chi connectivity index (χ3n) is 5.16. The minimum atomic E-state index is 0.660. The van der Waals surface area contributed by atoms with Gasteiger partial charge in [0.2, 0.25) is 0 Å². The molecular weight excluding hydrogens is 248 g/mol. The van der Waals surface area contributed by atoms with Crippen molar-refractivity contribution < 1.29 is 0 Å². The molecule has 0 amide bonds. The van der Waals surface area contributed by atoms with Gasteiger partial charge >= 0.3 is 0 Å². The molecule has 3 atom stereocenters. The topological polar surface area (TPSA) is 33.1 Å². The van der Waals surface area contributed by atoms with Gasteiger partial charge in [0.15, 0.2) is 0 Å². The second-order valence-corrected chi connectivity index (χ2v) is 6.57. The minimum absolute atomic E-state index is 0.660. The molecule has 20 heavy (non-hydrogen) atoms. The predicted molar refractivity (Wildman–Crippen MR) is 81.6 cm³/mol. The molecule has 2 fully saturated rings. The molecule has 4 nitrogen and oxygen atoms in total. The zero-order chi connectivity index (χ0) is 13.9. The Bertz CT molecular complexity index is 399. The first-order chi connectivity index (χ1) is 9.78. The summed E-state index contributed by atoms with van der Waals surface area (Å²) in [5.74, 6) is 1.71. The van der Waals surface area contributed by atoms with E-state index in [4.69, 9.17) is 0 Å². The van der Waals surface area contributed by atoms with Gasteiger partial charge in [-0.1, -0.05) is 20.3 Å². The molecule has 1 aliphatic carbocycles. The minimum Gasteiger partial charge on any atom is -0.311 e. The van der Waals surface area contributed by atoms with Crippen molar-refractivity contribution in [2.24, 2.45) is 11.8 Å². The van der Waals surface area contributed by atoms with Crippen LogP contribution in [0.4, 0.5) is 0 Å². The number of hydrogen-bond acceptors (Lipinski definition) is 3. The Morgan fingerprint density at radius 3 is 2.85 bits per heavy atom. The number of aromatic nitrogens is 2. The highest BCUT2D eigenvalue weighted by molar-refractivity contribution is 4.96. The van der Waals surface area contributed by atoms with E-state index in [1.807, 2.05) is 12.3 Å². The fraction of sp³-hybridized carbons (Fsp3) is 0.812. The van der Waals surface area contributed by atoms with Crippen LogP contribution in [-0.2, 0) is 6.54 Å². The molecule has 0 bridgehead atoms. The first-order valence-electron chi connectivity index (χ1n) is 8.22. The van der Waals surface area contributed by atoms with E-state index in [1.165, 1.54) is 32.4 Å². The van der Waals surface area contributed by atoms with Crippen LogP contribution in [0, 0.1) is 11.8 Å². The van der Waals surface area contributed by atoms with E-state index in [-0.39, 0.29) is 0 Å². The van der Waals surface area contributed by atoms with Crippen molar-refractivity contribution >= 4 is 0 Å². The van der Waals surface area contributed by atoms with Crippen LogP contribution in [0.2, 0.25) is 0 Å². The lowest BCUT2D eigenvalue weighted by Crippen LogP contribution is -2.59. The largest absolute Gasteiger partial charge is 0.311 e. The van der Waals surface area contributed by atoms with Crippen LogP contribution < -0.4 is 5.32 Å². The maximum absolute atomic E-state index is 4.33. The van der Waals surface area contributed by atoms with Gasteiger partial charge in [-0.2, -0.15) is 5.10 Å². The molecule has 1 aromatic rings. The number of hydrogen-bond donors (Lipinski definition) is 1. The first-order valence-corrected chi connectivity index (χ1v) is 8.22. The summed E-state index contributed by atoms with van der Waals surface area (Å²) in [6, 6.07) is 3.43. The smallest absolute Gasteiger partial charge is 0.0536 e. The van der Waals surface area contributed by atoms with E-state index in [9.17, 15) is 0 Å². The summed E-state index contributed by atoms with van der Waals surface area (Å²) in [5, 5.41) is 8.13. The van der Waals surface area contributed by atoms with Crippen LogP contribution in [0.5, 0.6) is 0 Å². The lowest BCUT2D eigenvalue weighted by molar-refractivity contribution is 0.0914. The van der Waals surface area contributed by atoms with E-state index in [1.54, 1.807) is 0 Å². The lowest BCUT2D eigenvalue weighted by atomic mass is 9.94. The summed E-state index contributed by atoms with van der Waals surface area (Å²) in [5.41, 5.74) is 0. The fourth-order valence-electron chi connectivity index (χ4n) is 3.39.